The Bertz CT molecular complexity index is 1040. The van der Waals surface area contributed by atoms with E-state index in [-0.39, 0.29) is 11.1 Å². The summed E-state index contributed by atoms with van der Waals surface area (Å²) < 4.78 is 1.99. The molecule has 1 aliphatic heterocycles. The van der Waals surface area contributed by atoms with Crippen molar-refractivity contribution < 1.29 is 9.59 Å². The minimum absolute atomic E-state index is 0.227. The largest absolute Gasteiger partial charge is 0.323 e. The second kappa shape index (κ2) is 7.29. The van der Waals surface area contributed by atoms with Crippen LogP contribution in [0.4, 0.5) is 4.79 Å². The summed E-state index contributed by atoms with van der Waals surface area (Å²) in [7, 11) is 0. The molecular weight excluding hydrogens is 356 g/mol. The van der Waals surface area contributed by atoms with Gasteiger partial charge in [-0.05, 0) is 54.1 Å². The molecule has 0 bridgehead atoms. The number of benzene rings is 2. The molecule has 3 aromatic rings. The first kappa shape index (κ1) is 17.4. The lowest BCUT2D eigenvalue weighted by atomic mass is 10.1. The van der Waals surface area contributed by atoms with Crippen molar-refractivity contribution in [1.82, 2.24) is 9.47 Å². The van der Waals surface area contributed by atoms with Gasteiger partial charge in [0.15, 0.2) is 0 Å². The van der Waals surface area contributed by atoms with E-state index >= 15 is 0 Å². The lowest BCUT2D eigenvalue weighted by Gasteiger charge is -2.12. The van der Waals surface area contributed by atoms with Gasteiger partial charge in [0.2, 0.25) is 0 Å². The topological polar surface area (TPSA) is 42.3 Å². The minimum atomic E-state index is -0.237. The zero-order chi connectivity index (χ0) is 18.8. The molecule has 1 aromatic heterocycles. The quantitative estimate of drug-likeness (QED) is 0.602. The van der Waals surface area contributed by atoms with Gasteiger partial charge >= 0.3 is 0 Å². The van der Waals surface area contributed by atoms with E-state index in [0.717, 1.165) is 34.1 Å². The Morgan fingerprint density at radius 1 is 1.00 bits per heavy atom. The number of aromatic nitrogens is 1. The predicted octanol–water partition coefficient (Wildman–Crippen LogP) is 5.02. The van der Waals surface area contributed by atoms with E-state index < -0.39 is 0 Å². The Morgan fingerprint density at radius 3 is 2.59 bits per heavy atom. The van der Waals surface area contributed by atoms with Crippen molar-refractivity contribution in [3.63, 3.8) is 0 Å². The lowest BCUT2D eigenvalue weighted by Crippen LogP contribution is -2.27. The summed E-state index contributed by atoms with van der Waals surface area (Å²) in [6, 6.07) is 19.7. The van der Waals surface area contributed by atoms with Crippen molar-refractivity contribution in [2.75, 3.05) is 0 Å². The molecule has 2 amide bonds. The zero-order valence-corrected chi connectivity index (χ0v) is 15.6. The van der Waals surface area contributed by atoms with Crippen LogP contribution in [0, 0.1) is 6.92 Å². The normalized spacial score (nSPS) is 15.7. The van der Waals surface area contributed by atoms with Crippen molar-refractivity contribution in [3.05, 3.63) is 94.7 Å². The third-order valence-corrected chi connectivity index (χ3v) is 5.27. The molecule has 0 atom stereocenters. The summed E-state index contributed by atoms with van der Waals surface area (Å²) in [6.45, 7) is 2.29. The first-order valence-corrected chi connectivity index (χ1v) is 9.46. The number of imide groups is 1. The van der Waals surface area contributed by atoms with E-state index in [0.29, 0.717) is 11.4 Å². The van der Waals surface area contributed by atoms with Crippen molar-refractivity contribution in [2.45, 2.75) is 13.5 Å². The molecule has 0 aliphatic carbocycles. The van der Waals surface area contributed by atoms with Crippen LogP contribution in [0.1, 0.15) is 16.7 Å². The van der Waals surface area contributed by atoms with E-state index in [2.05, 4.69) is 0 Å². The lowest BCUT2D eigenvalue weighted by molar-refractivity contribution is -0.123. The summed E-state index contributed by atoms with van der Waals surface area (Å²) in [4.78, 5) is 26.8. The Hall–Kier alpha value is -3.05. The van der Waals surface area contributed by atoms with Gasteiger partial charge in [-0.25, -0.2) is 0 Å². The van der Waals surface area contributed by atoms with Crippen LogP contribution in [0.25, 0.3) is 11.8 Å². The second-order valence-electron chi connectivity index (χ2n) is 6.44. The van der Waals surface area contributed by atoms with E-state index in [4.69, 9.17) is 0 Å². The van der Waals surface area contributed by atoms with Crippen LogP contribution in [-0.4, -0.2) is 20.6 Å². The highest BCUT2D eigenvalue weighted by molar-refractivity contribution is 8.18. The summed E-state index contributed by atoms with van der Waals surface area (Å²) in [5.41, 5.74) is 4.00. The van der Waals surface area contributed by atoms with Crippen LogP contribution in [0.2, 0.25) is 0 Å². The first-order valence-electron chi connectivity index (χ1n) is 8.64. The maximum absolute atomic E-state index is 12.7. The summed E-state index contributed by atoms with van der Waals surface area (Å²) in [6.07, 6.45) is 5.67. The Balaban J connectivity index is 1.54. The highest BCUT2D eigenvalue weighted by Gasteiger charge is 2.35. The highest BCUT2D eigenvalue weighted by Crippen LogP contribution is 2.33. The molecule has 4 nitrogen and oxygen atoms in total. The smallest absolute Gasteiger partial charge is 0.293 e. The van der Waals surface area contributed by atoms with E-state index in [1.165, 1.54) is 4.90 Å². The van der Waals surface area contributed by atoms with E-state index in [1.807, 2.05) is 84.5 Å². The molecule has 0 saturated carbocycles. The number of para-hydroxylation sites is 1. The van der Waals surface area contributed by atoms with Crippen LogP contribution in [-0.2, 0) is 11.3 Å². The van der Waals surface area contributed by atoms with Gasteiger partial charge < -0.3 is 4.57 Å². The van der Waals surface area contributed by atoms with E-state index in [9.17, 15) is 9.59 Å². The SMILES string of the molecule is Cc1cccc(CN2C(=O)S/C(=C/c3ccn(-c4ccccc4)c3)C2=O)c1. The molecule has 134 valence electrons. The number of aryl methyl sites for hydroxylation is 1. The monoisotopic (exact) mass is 374 g/mol. The molecule has 1 saturated heterocycles. The number of rotatable bonds is 4. The van der Waals surface area contributed by atoms with Gasteiger partial charge in [0.25, 0.3) is 11.1 Å². The number of hydrogen-bond acceptors (Lipinski definition) is 3. The van der Waals surface area contributed by atoms with Crippen molar-refractivity contribution in [3.8, 4) is 5.69 Å². The van der Waals surface area contributed by atoms with Gasteiger partial charge in [-0.2, -0.15) is 0 Å². The van der Waals surface area contributed by atoms with Crippen LogP contribution in [0.15, 0.2) is 78.0 Å². The summed E-state index contributed by atoms with van der Waals surface area (Å²) >= 11 is 0.994. The summed E-state index contributed by atoms with van der Waals surface area (Å²) in [5, 5.41) is -0.227. The average molecular weight is 374 g/mol. The molecule has 0 radical (unpaired) electrons. The average Bonchev–Trinajstić information content (AvgIpc) is 3.23. The summed E-state index contributed by atoms with van der Waals surface area (Å²) in [5.74, 6) is -0.237. The fourth-order valence-corrected chi connectivity index (χ4v) is 3.88. The van der Waals surface area contributed by atoms with Crippen molar-refractivity contribution in [2.24, 2.45) is 0 Å². The molecule has 5 heteroatoms. The molecule has 2 heterocycles. The molecule has 0 spiro atoms. The molecule has 27 heavy (non-hydrogen) atoms. The number of carbonyl (C=O) groups is 2. The zero-order valence-electron chi connectivity index (χ0n) is 14.8. The van der Waals surface area contributed by atoms with Gasteiger partial charge in [0.1, 0.15) is 0 Å². The minimum Gasteiger partial charge on any atom is -0.323 e. The van der Waals surface area contributed by atoms with Crippen LogP contribution in [0.3, 0.4) is 0 Å². The number of thioether (sulfide) groups is 1. The number of nitrogens with zero attached hydrogens (tertiary/aromatic N) is 2. The fourth-order valence-electron chi connectivity index (χ4n) is 3.04. The molecule has 4 rings (SSSR count). The third kappa shape index (κ3) is 3.73. The van der Waals surface area contributed by atoms with Gasteiger partial charge in [0, 0.05) is 18.1 Å². The Morgan fingerprint density at radius 2 is 1.81 bits per heavy atom. The standard InChI is InChI=1S/C22H18N2O2S/c1-16-6-5-7-17(12-16)15-24-21(25)20(27-22(24)26)13-18-10-11-23(14-18)19-8-3-2-4-9-19/h2-14H,15H2,1H3/b20-13+. The van der Waals surface area contributed by atoms with Crippen molar-refractivity contribution >= 4 is 29.0 Å². The molecule has 0 unspecified atom stereocenters. The Labute approximate surface area is 162 Å². The van der Waals surface area contributed by atoms with Gasteiger partial charge in [0.05, 0.1) is 11.4 Å². The van der Waals surface area contributed by atoms with Gasteiger partial charge in [-0.3, -0.25) is 14.5 Å². The number of hydrogen-bond donors (Lipinski definition) is 0. The Kier molecular flexibility index (Phi) is 4.69. The van der Waals surface area contributed by atoms with Gasteiger partial charge in [-0.15, -0.1) is 0 Å². The molecular formula is C22H18N2O2S. The first-order chi connectivity index (χ1) is 13.1. The van der Waals surface area contributed by atoms with E-state index in [1.54, 1.807) is 6.08 Å². The predicted molar refractivity (Wildman–Crippen MR) is 108 cm³/mol. The molecule has 0 N–H and O–H groups in total. The number of carbonyl (C=O) groups excluding carboxylic acids is 2. The van der Waals surface area contributed by atoms with Crippen LogP contribution >= 0.6 is 11.8 Å². The second-order valence-corrected chi connectivity index (χ2v) is 7.44. The van der Waals surface area contributed by atoms with Crippen molar-refractivity contribution in [1.29, 1.82) is 0 Å². The molecule has 2 aromatic carbocycles. The third-order valence-electron chi connectivity index (χ3n) is 4.36. The van der Waals surface area contributed by atoms with Crippen LogP contribution in [0.5, 0.6) is 0 Å². The highest BCUT2D eigenvalue weighted by atomic mass is 32.2. The van der Waals surface area contributed by atoms with Crippen LogP contribution < -0.4 is 0 Å². The fraction of sp³-hybridized carbons (Fsp3) is 0.0909. The number of amides is 2. The van der Waals surface area contributed by atoms with Gasteiger partial charge in [-0.1, -0.05) is 48.0 Å². The maximum atomic E-state index is 12.7. The molecule has 1 fully saturated rings. The molecule has 1 aliphatic rings. The maximum Gasteiger partial charge on any atom is 0.293 e.